The zero-order valence-corrected chi connectivity index (χ0v) is 9.56. The van der Waals surface area contributed by atoms with Gasteiger partial charge in [-0.15, -0.1) is 11.3 Å². The SMILES string of the molecule is CCC(OC)C(=O)Cc1nc(C)cs1. The topological polar surface area (TPSA) is 39.2 Å². The van der Waals surface area contributed by atoms with Crippen molar-refractivity contribution in [2.45, 2.75) is 32.8 Å². The van der Waals surface area contributed by atoms with Crippen LogP contribution in [-0.4, -0.2) is 24.0 Å². The maximum atomic E-state index is 11.6. The van der Waals surface area contributed by atoms with E-state index in [1.807, 2.05) is 19.2 Å². The van der Waals surface area contributed by atoms with Crippen molar-refractivity contribution in [2.75, 3.05) is 7.11 Å². The lowest BCUT2D eigenvalue weighted by atomic mass is 10.1. The van der Waals surface area contributed by atoms with E-state index in [-0.39, 0.29) is 11.9 Å². The number of carbonyl (C=O) groups excluding carboxylic acids is 1. The zero-order valence-electron chi connectivity index (χ0n) is 8.74. The number of nitrogens with zero attached hydrogens (tertiary/aromatic N) is 1. The van der Waals surface area contributed by atoms with Crippen molar-refractivity contribution in [3.63, 3.8) is 0 Å². The summed E-state index contributed by atoms with van der Waals surface area (Å²) in [6.07, 6.45) is 0.837. The molecular weight excluding hydrogens is 198 g/mol. The normalized spacial score (nSPS) is 12.8. The van der Waals surface area contributed by atoms with Crippen molar-refractivity contribution in [1.29, 1.82) is 0 Å². The van der Waals surface area contributed by atoms with Crippen LogP contribution in [0.3, 0.4) is 0 Å². The van der Waals surface area contributed by atoms with Crippen molar-refractivity contribution in [3.8, 4) is 0 Å². The predicted octanol–water partition coefficient (Wildman–Crippen LogP) is 1.99. The molecule has 14 heavy (non-hydrogen) atoms. The number of thiazole rings is 1. The molecule has 3 nitrogen and oxygen atoms in total. The Morgan fingerprint density at radius 3 is 2.86 bits per heavy atom. The lowest BCUT2D eigenvalue weighted by Gasteiger charge is -2.09. The van der Waals surface area contributed by atoms with Crippen LogP contribution in [0.15, 0.2) is 5.38 Å². The first-order valence-corrected chi connectivity index (χ1v) is 5.51. The maximum Gasteiger partial charge on any atom is 0.168 e. The number of carbonyl (C=O) groups is 1. The fraction of sp³-hybridized carbons (Fsp3) is 0.600. The number of methoxy groups -OCH3 is 1. The second-order valence-electron chi connectivity index (χ2n) is 3.16. The molecule has 0 fully saturated rings. The highest BCUT2D eigenvalue weighted by Crippen LogP contribution is 2.11. The molecule has 1 unspecified atom stereocenters. The van der Waals surface area contributed by atoms with Crippen LogP contribution in [0.25, 0.3) is 0 Å². The van der Waals surface area contributed by atoms with Gasteiger partial charge in [-0.3, -0.25) is 4.79 Å². The first-order chi connectivity index (χ1) is 6.67. The summed E-state index contributed by atoms with van der Waals surface area (Å²) in [5.41, 5.74) is 0.975. The quantitative estimate of drug-likeness (QED) is 0.751. The Kier molecular flexibility index (Phi) is 4.22. The van der Waals surface area contributed by atoms with Crippen molar-refractivity contribution in [2.24, 2.45) is 0 Å². The third-order valence-electron chi connectivity index (χ3n) is 2.01. The van der Waals surface area contributed by atoms with Gasteiger partial charge in [-0.2, -0.15) is 0 Å². The van der Waals surface area contributed by atoms with Crippen LogP contribution in [0.4, 0.5) is 0 Å². The molecule has 0 aliphatic carbocycles. The van der Waals surface area contributed by atoms with E-state index >= 15 is 0 Å². The Morgan fingerprint density at radius 2 is 2.43 bits per heavy atom. The number of hydrogen-bond donors (Lipinski definition) is 0. The molecule has 1 aromatic rings. The van der Waals surface area contributed by atoms with E-state index in [0.29, 0.717) is 6.42 Å². The largest absolute Gasteiger partial charge is 0.374 e. The van der Waals surface area contributed by atoms with E-state index in [1.54, 1.807) is 7.11 Å². The van der Waals surface area contributed by atoms with E-state index in [4.69, 9.17) is 4.74 Å². The first kappa shape index (κ1) is 11.3. The van der Waals surface area contributed by atoms with Gasteiger partial charge in [-0.05, 0) is 13.3 Å². The third-order valence-corrected chi connectivity index (χ3v) is 2.97. The number of hydrogen-bond acceptors (Lipinski definition) is 4. The highest BCUT2D eigenvalue weighted by atomic mass is 32.1. The van der Waals surface area contributed by atoms with Crippen LogP contribution < -0.4 is 0 Å². The Balaban J connectivity index is 2.56. The molecule has 0 aromatic carbocycles. The molecule has 0 saturated carbocycles. The zero-order chi connectivity index (χ0) is 10.6. The van der Waals surface area contributed by atoms with E-state index in [0.717, 1.165) is 17.1 Å². The van der Waals surface area contributed by atoms with Gasteiger partial charge in [-0.25, -0.2) is 4.98 Å². The summed E-state index contributed by atoms with van der Waals surface area (Å²) >= 11 is 1.53. The van der Waals surface area contributed by atoms with Crippen molar-refractivity contribution < 1.29 is 9.53 Å². The summed E-state index contributed by atoms with van der Waals surface area (Å²) in [5.74, 6) is 0.115. The number of ketones is 1. The van der Waals surface area contributed by atoms with Gasteiger partial charge >= 0.3 is 0 Å². The fourth-order valence-electron chi connectivity index (χ4n) is 1.27. The van der Waals surface area contributed by atoms with Crippen LogP contribution in [-0.2, 0) is 16.0 Å². The second-order valence-corrected chi connectivity index (χ2v) is 4.10. The van der Waals surface area contributed by atoms with Crippen molar-refractivity contribution in [3.05, 3.63) is 16.1 Å². The summed E-state index contributed by atoms with van der Waals surface area (Å²) in [7, 11) is 1.57. The predicted molar refractivity (Wildman–Crippen MR) is 56.7 cm³/mol. The monoisotopic (exact) mass is 213 g/mol. The molecular formula is C10H15NO2S. The summed E-state index contributed by atoms with van der Waals surface area (Å²) in [6.45, 7) is 3.87. The number of aromatic nitrogens is 1. The van der Waals surface area contributed by atoms with Crippen LogP contribution in [0, 0.1) is 6.92 Å². The molecule has 1 rings (SSSR count). The minimum atomic E-state index is -0.279. The molecule has 4 heteroatoms. The molecule has 0 aliphatic rings. The van der Waals surface area contributed by atoms with Gasteiger partial charge in [0.05, 0.1) is 6.42 Å². The standard InChI is InChI=1S/C10H15NO2S/c1-4-9(13-3)8(12)5-10-11-7(2)6-14-10/h6,9H,4-5H2,1-3H3. The Hall–Kier alpha value is -0.740. The molecule has 0 amide bonds. The lowest BCUT2D eigenvalue weighted by molar-refractivity contribution is -0.128. The number of aryl methyl sites for hydroxylation is 1. The third kappa shape index (κ3) is 2.89. The molecule has 0 spiro atoms. The van der Waals surface area contributed by atoms with Gasteiger partial charge in [0.25, 0.3) is 0 Å². The van der Waals surface area contributed by atoms with Crippen LogP contribution in [0.1, 0.15) is 24.0 Å². The molecule has 0 radical (unpaired) electrons. The van der Waals surface area contributed by atoms with Crippen molar-refractivity contribution >= 4 is 17.1 Å². The van der Waals surface area contributed by atoms with E-state index in [2.05, 4.69) is 4.98 Å². The molecule has 1 aromatic heterocycles. The van der Waals surface area contributed by atoms with Gasteiger partial charge in [0.15, 0.2) is 5.78 Å². The van der Waals surface area contributed by atoms with Crippen molar-refractivity contribution in [1.82, 2.24) is 4.98 Å². The van der Waals surface area contributed by atoms with E-state index in [9.17, 15) is 4.79 Å². The van der Waals surface area contributed by atoms with Gasteiger partial charge in [0.2, 0.25) is 0 Å². The minimum Gasteiger partial charge on any atom is -0.374 e. The second kappa shape index (κ2) is 5.22. The van der Waals surface area contributed by atoms with Crippen LogP contribution in [0.5, 0.6) is 0 Å². The molecule has 0 aliphatic heterocycles. The highest BCUT2D eigenvalue weighted by Gasteiger charge is 2.16. The first-order valence-electron chi connectivity index (χ1n) is 4.63. The van der Waals surface area contributed by atoms with Crippen LogP contribution in [0.2, 0.25) is 0 Å². The van der Waals surface area contributed by atoms with Gasteiger partial charge < -0.3 is 4.74 Å². The Bertz CT molecular complexity index is 305. The molecule has 0 bridgehead atoms. The molecule has 1 heterocycles. The molecule has 78 valence electrons. The molecule has 0 N–H and O–H groups in total. The summed E-state index contributed by atoms with van der Waals surface area (Å²) in [6, 6.07) is 0. The molecule has 1 atom stereocenters. The van der Waals surface area contributed by atoms with Gasteiger partial charge in [0.1, 0.15) is 11.1 Å². The summed E-state index contributed by atoms with van der Waals surface area (Å²) in [4.78, 5) is 15.9. The van der Waals surface area contributed by atoms with Gasteiger partial charge in [-0.1, -0.05) is 6.92 Å². The smallest absolute Gasteiger partial charge is 0.168 e. The summed E-state index contributed by atoms with van der Waals surface area (Å²) in [5, 5.41) is 2.83. The lowest BCUT2D eigenvalue weighted by Crippen LogP contribution is -2.23. The van der Waals surface area contributed by atoms with E-state index in [1.165, 1.54) is 11.3 Å². The Morgan fingerprint density at radius 1 is 1.71 bits per heavy atom. The molecule has 0 saturated heterocycles. The Labute approximate surface area is 88.1 Å². The minimum absolute atomic E-state index is 0.115. The number of ether oxygens (including phenoxy) is 1. The summed E-state index contributed by atoms with van der Waals surface area (Å²) < 4.78 is 5.07. The highest BCUT2D eigenvalue weighted by molar-refractivity contribution is 7.09. The number of Topliss-reactive ketones (excluding diaryl/α,β-unsaturated/α-hetero) is 1. The van der Waals surface area contributed by atoms with Gasteiger partial charge in [0, 0.05) is 18.2 Å². The number of rotatable bonds is 5. The maximum absolute atomic E-state index is 11.6. The average Bonchev–Trinajstić information content (AvgIpc) is 2.53. The average molecular weight is 213 g/mol. The van der Waals surface area contributed by atoms with E-state index < -0.39 is 0 Å². The fourth-order valence-corrected chi connectivity index (χ4v) is 2.05. The van der Waals surface area contributed by atoms with Crippen LogP contribution >= 0.6 is 11.3 Å².